The third-order valence-corrected chi connectivity index (χ3v) is 1.58. The highest BCUT2D eigenvalue weighted by atomic mass is 15.0. The molecular formula is C7H12N+. The van der Waals surface area contributed by atoms with Crippen molar-refractivity contribution in [2.75, 3.05) is 6.54 Å². The van der Waals surface area contributed by atoms with Gasteiger partial charge in [0.1, 0.15) is 12.8 Å². The maximum Gasteiger partial charge on any atom is 0.174 e. The zero-order valence-electron chi connectivity index (χ0n) is 5.35. The van der Waals surface area contributed by atoms with Gasteiger partial charge < -0.3 is 0 Å². The Bertz CT molecular complexity index is 133. The van der Waals surface area contributed by atoms with Crippen molar-refractivity contribution in [3.63, 3.8) is 0 Å². The van der Waals surface area contributed by atoms with Crippen molar-refractivity contribution < 1.29 is 4.58 Å². The minimum absolute atomic E-state index is 1.18. The van der Waals surface area contributed by atoms with Gasteiger partial charge in [-0.05, 0) is 6.58 Å². The fraction of sp³-hybridized carbons (Fsp3) is 0.571. The summed E-state index contributed by atoms with van der Waals surface area (Å²) >= 11 is 0. The molecule has 0 saturated carbocycles. The molecule has 1 nitrogen and oxygen atoms in total. The van der Waals surface area contributed by atoms with Crippen LogP contribution in [0.5, 0.6) is 0 Å². The Balaban J connectivity index is 2.69. The van der Waals surface area contributed by atoms with Gasteiger partial charge >= 0.3 is 0 Å². The molecule has 0 unspecified atom stereocenters. The Labute approximate surface area is 50.3 Å². The molecule has 1 saturated heterocycles. The van der Waals surface area contributed by atoms with E-state index in [-0.39, 0.29) is 0 Å². The molecule has 1 aliphatic rings. The molecule has 1 heteroatoms. The second-order valence-corrected chi connectivity index (χ2v) is 2.12. The molecule has 44 valence electrons. The predicted molar refractivity (Wildman–Crippen MR) is 35.2 cm³/mol. The smallest absolute Gasteiger partial charge is 0.174 e. The van der Waals surface area contributed by atoms with Crippen LogP contribution in [0.15, 0.2) is 12.3 Å². The lowest BCUT2D eigenvalue weighted by molar-refractivity contribution is -0.454. The lowest BCUT2D eigenvalue weighted by Crippen LogP contribution is -2.02. The molecular weight excluding hydrogens is 98.1 g/mol. The summed E-state index contributed by atoms with van der Waals surface area (Å²) in [5.41, 5.74) is 1.27. The number of nitrogens with zero attached hydrogens (tertiary/aromatic N) is 1. The summed E-state index contributed by atoms with van der Waals surface area (Å²) in [4.78, 5) is 0. The van der Waals surface area contributed by atoms with E-state index in [4.69, 9.17) is 0 Å². The Hall–Kier alpha value is -0.590. The van der Waals surface area contributed by atoms with Crippen LogP contribution >= 0.6 is 0 Å². The van der Waals surface area contributed by atoms with Gasteiger partial charge in [0.15, 0.2) is 5.70 Å². The Morgan fingerprint density at radius 1 is 1.75 bits per heavy atom. The van der Waals surface area contributed by atoms with Crippen molar-refractivity contribution in [3.05, 3.63) is 12.3 Å². The molecule has 0 aliphatic carbocycles. The summed E-state index contributed by atoms with van der Waals surface area (Å²) in [6.07, 6.45) is 4.56. The molecule has 0 bridgehead atoms. The van der Waals surface area contributed by atoms with Crippen LogP contribution in [0.4, 0.5) is 0 Å². The fourth-order valence-electron chi connectivity index (χ4n) is 1.07. The zero-order valence-corrected chi connectivity index (χ0v) is 5.35. The van der Waals surface area contributed by atoms with Crippen molar-refractivity contribution >= 4 is 6.21 Å². The molecule has 0 N–H and O–H groups in total. The first-order valence-electron chi connectivity index (χ1n) is 3.08. The van der Waals surface area contributed by atoms with Gasteiger partial charge in [-0.25, -0.2) is 4.58 Å². The largest absolute Gasteiger partial charge is 0.207 e. The number of allylic oxidation sites excluding steroid dienone is 1. The molecule has 1 heterocycles. The number of rotatable bonds is 0. The van der Waals surface area contributed by atoms with Crippen LogP contribution in [0, 0.1) is 0 Å². The average molecular weight is 110 g/mol. The minimum Gasteiger partial charge on any atom is -0.207 e. The summed E-state index contributed by atoms with van der Waals surface area (Å²) in [5.74, 6) is 0. The minimum atomic E-state index is 1.18. The van der Waals surface area contributed by atoms with E-state index in [1.807, 2.05) is 0 Å². The van der Waals surface area contributed by atoms with E-state index in [9.17, 15) is 0 Å². The molecule has 0 aromatic heterocycles. The number of hydrogen-bond donors (Lipinski definition) is 0. The molecule has 8 heavy (non-hydrogen) atoms. The normalized spacial score (nSPS) is 25.1. The fourth-order valence-corrected chi connectivity index (χ4v) is 1.07. The monoisotopic (exact) mass is 110 g/mol. The lowest BCUT2D eigenvalue weighted by Gasteiger charge is -1.86. The predicted octanol–water partition coefficient (Wildman–Crippen LogP) is 1.40. The molecule has 0 radical (unpaired) electrons. The van der Waals surface area contributed by atoms with Gasteiger partial charge in [0, 0.05) is 19.8 Å². The molecule has 0 aromatic rings. The van der Waals surface area contributed by atoms with Crippen LogP contribution in [0.3, 0.4) is 0 Å². The van der Waals surface area contributed by atoms with Crippen LogP contribution < -0.4 is 0 Å². The van der Waals surface area contributed by atoms with Crippen molar-refractivity contribution in [1.29, 1.82) is 0 Å². The lowest BCUT2D eigenvalue weighted by atomic mass is 10.3. The molecule has 0 amide bonds. The van der Waals surface area contributed by atoms with Gasteiger partial charge in [-0.1, -0.05) is 0 Å². The van der Waals surface area contributed by atoms with E-state index in [1.165, 1.54) is 25.1 Å². The second kappa shape index (κ2) is 2.12. The standard InChI is InChI=1S/C7H12N/c1-3-8-6-4-5-7(8)2/h3H,2,4-6H2,1H3/q+1. The van der Waals surface area contributed by atoms with Gasteiger partial charge in [0.25, 0.3) is 0 Å². The molecule has 0 aromatic carbocycles. The SMILES string of the molecule is C=C1CCC[N+]1=CC. The summed E-state index contributed by atoms with van der Waals surface area (Å²) in [7, 11) is 0. The molecule has 1 aliphatic heterocycles. The van der Waals surface area contributed by atoms with E-state index in [0.717, 1.165) is 0 Å². The summed E-state index contributed by atoms with van der Waals surface area (Å²) in [6, 6.07) is 0. The first-order valence-corrected chi connectivity index (χ1v) is 3.08. The van der Waals surface area contributed by atoms with Gasteiger partial charge in [0.2, 0.25) is 0 Å². The molecule has 0 atom stereocenters. The van der Waals surface area contributed by atoms with Crippen LogP contribution in [0.2, 0.25) is 0 Å². The van der Waals surface area contributed by atoms with E-state index in [0.29, 0.717) is 0 Å². The third-order valence-electron chi connectivity index (χ3n) is 1.58. The zero-order chi connectivity index (χ0) is 5.98. The van der Waals surface area contributed by atoms with E-state index in [2.05, 4.69) is 24.3 Å². The van der Waals surface area contributed by atoms with Crippen LogP contribution in [0.1, 0.15) is 19.8 Å². The van der Waals surface area contributed by atoms with E-state index < -0.39 is 0 Å². The molecule has 1 rings (SSSR count). The Kier molecular flexibility index (Phi) is 1.47. The quantitative estimate of drug-likeness (QED) is 0.415. The average Bonchev–Trinajstić information content (AvgIpc) is 2.14. The first-order chi connectivity index (χ1) is 3.84. The van der Waals surface area contributed by atoms with E-state index >= 15 is 0 Å². The highest BCUT2D eigenvalue weighted by Gasteiger charge is 2.16. The van der Waals surface area contributed by atoms with Gasteiger partial charge in [-0.3, -0.25) is 0 Å². The molecule has 0 spiro atoms. The summed E-state index contributed by atoms with van der Waals surface area (Å²) in [6.45, 7) is 7.13. The van der Waals surface area contributed by atoms with Crippen molar-refractivity contribution in [2.45, 2.75) is 19.8 Å². The maximum atomic E-state index is 3.90. The van der Waals surface area contributed by atoms with Crippen LogP contribution in [0.25, 0.3) is 0 Å². The third kappa shape index (κ3) is 0.808. The maximum absolute atomic E-state index is 3.90. The van der Waals surface area contributed by atoms with Gasteiger partial charge in [-0.15, -0.1) is 0 Å². The first kappa shape index (κ1) is 5.54. The van der Waals surface area contributed by atoms with Crippen molar-refractivity contribution in [2.24, 2.45) is 0 Å². The van der Waals surface area contributed by atoms with Gasteiger partial charge in [-0.2, -0.15) is 0 Å². The topological polar surface area (TPSA) is 3.01 Å². The highest BCUT2D eigenvalue weighted by molar-refractivity contribution is 5.47. The van der Waals surface area contributed by atoms with Gasteiger partial charge in [0.05, 0.1) is 0 Å². The van der Waals surface area contributed by atoms with Crippen LogP contribution in [-0.2, 0) is 0 Å². The molecule has 1 fully saturated rings. The van der Waals surface area contributed by atoms with Crippen molar-refractivity contribution in [3.8, 4) is 0 Å². The number of hydrogen-bond acceptors (Lipinski definition) is 0. The Morgan fingerprint density at radius 3 is 2.75 bits per heavy atom. The van der Waals surface area contributed by atoms with Crippen molar-refractivity contribution in [1.82, 2.24) is 0 Å². The highest BCUT2D eigenvalue weighted by Crippen LogP contribution is 2.11. The van der Waals surface area contributed by atoms with E-state index in [1.54, 1.807) is 0 Å². The summed E-state index contributed by atoms with van der Waals surface area (Å²) < 4.78 is 2.21. The second-order valence-electron chi connectivity index (χ2n) is 2.12. The Morgan fingerprint density at radius 2 is 2.50 bits per heavy atom. The summed E-state index contributed by atoms with van der Waals surface area (Å²) in [5, 5.41) is 0. The van der Waals surface area contributed by atoms with Crippen LogP contribution in [-0.4, -0.2) is 17.3 Å².